The van der Waals surface area contributed by atoms with Gasteiger partial charge in [0.1, 0.15) is 0 Å². The van der Waals surface area contributed by atoms with Gasteiger partial charge in [0.2, 0.25) is 5.91 Å². The van der Waals surface area contributed by atoms with Crippen LogP contribution in [0, 0.1) is 5.92 Å². The molecule has 3 nitrogen and oxygen atoms in total. The Morgan fingerprint density at radius 2 is 2.05 bits per heavy atom. The van der Waals surface area contributed by atoms with E-state index in [2.05, 4.69) is 35.8 Å². The number of hydrogen-bond acceptors (Lipinski definition) is 2. The summed E-state index contributed by atoms with van der Waals surface area (Å²) in [7, 11) is 0. The highest BCUT2D eigenvalue weighted by molar-refractivity contribution is 5.80. The minimum absolute atomic E-state index is 0.353. The zero-order valence-corrected chi connectivity index (χ0v) is 13.5. The van der Waals surface area contributed by atoms with Crippen molar-refractivity contribution >= 4 is 5.91 Å². The number of carbonyl (C=O) groups excluding carboxylic acids is 1. The van der Waals surface area contributed by atoms with E-state index in [0.717, 1.165) is 45.3 Å². The summed E-state index contributed by atoms with van der Waals surface area (Å²) in [5, 5.41) is 0. The van der Waals surface area contributed by atoms with E-state index in [4.69, 9.17) is 0 Å². The zero-order chi connectivity index (χ0) is 14.8. The van der Waals surface area contributed by atoms with Gasteiger partial charge in [-0.3, -0.25) is 9.69 Å². The maximum Gasteiger partial charge on any atom is 0.226 e. The summed E-state index contributed by atoms with van der Waals surface area (Å²) in [4.78, 5) is 17.1. The van der Waals surface area contributed by atoms with Gasteiger partial charge in [0.15, 0.2) is 0 Å². The van der Waals surface area contributed by atoms with Crippen molar-refractivity contribution in [2.24, 2.45) is 5.92 Å². The molecule has 0 spiro atoms. The maximum absolute atomic E-state index is 12.4. The van der Waals surface area contributed by atoms with E-state index in [0.29, 0.717) is 17.9 Å². The Bertz CT molecular complexity index is 460. The first-order valence-electron chi connectivity index (χ1n) is 8.68. The molecule has 2 atom stereocenters. The standard InChI is InChI=1S/C18H28N2O/c1-3-10-19(11-4-2)16-12-15-7-5-6-14-8-9-17(21)20(13-16)18(14)15/h5,7,14,16H,3-4,6,8-13H2,1-2H3. The lowest BCUT2D eigenvalue weighted by atomic mass is 9.80. The van der Waals surface area contributed by atoms with Crippen LogP contribution in [-0.4, -0.2) is 41.4 Å². The molecule has 0 aromatic heterocycles. The number of nitrogens with zero attached hydrogens (tertiary/aromatic N) is 2. The summed E-state index contributed by atoms with van der Waals surface area (Å²) in [6.07, 6.45) is 11.0. The highest BCUT2D eigenvalue weighted by atomic mass is 16.2. The van der Waals surface area contributed by atoms with Crippen molar-refractivity contribution in [1.82, 2.24) is 9.80 Å². The molecule has 0 saturated carbocycles. The Kier molecular flexibility index (Phi) is 4.48. The second-order valence-corrected chi connectivity index (χ2v) is 6.68. The second kappa shape index (κ2) is 6.35. The highest BCUT2D eigenvalue weighted by Crippen LogP contribution is 2.41. The van der Waals surface area contributed by atoms with E-state index in [9.17, 15) is 4.79 Å². The Balaban J connectivity index is 1.85. The molecule has 3 rings (SSSR count). The molecule has 2 aliphatic heterocycles. The van der Waals surface area contributed by atoms with Gasteiger partial charge in [0, 0.05) is 30.6 Å². The van der Waals surface area contributed by atoms with Crippen molar-refractivity contribution in [2.75, 3.05) is 19.6 Å². The quantitative estimate of drug-likeness (QED) is 0.774. The number of hydrogen-bond donors (Lipinski definition) is 0. The van der Waals surface area contributed by atoms with Gasteiger partial charge < -0.3 is 4.90 Å². The summed E-state index contributed by atoms with van der Waals surface area (Å²) < 4.78 is 0. The number of amides is 1. The lowest BCUT2D eigenvalue weighted by molar-refractivity contribution is -0.133. The molecule has 1 saturated heterocycles. The van der Waals surface area contributed by atoms with Gasteiger partial charge in [-0.2, -0.15) is 0 Å². The monoisotopic (exact) mass is 288 g/mol. The first kappa shape index (κ1) is 14.8. The molecular formula is C18H28N2O. The van der Waals surface area contributed by atoms with Crippen LogP contribution in [-0.2, 0) is 4.79 Å². The molecule has 2 heterocycles. The normalized spacial score (nSPS) is 28.3. The van der Waals surface area contributed by atoms with Crippen molar-refractivity contribution < 1.29 is 4.79 Å². The Labute approximate surface area is 128 Å². The van der Waals surface area contributed by atoms with Crippen molar-refractivity contribution in [3.05, 3.63) is 23.4 Å². The van der Waals surface area contributed by atoms with Crippen LogP contribution in [0.25, 0.3) is 0 Å². The van der Waals surface area contributed by atoms with E-state index in [1.54, 1.807) is 0 Å². The predicted molar refractivity (Wildman–Crippen MR) is 85.8 cm³/mol. The third-order valence-corrected chi connectivity index (χ3v) is 5.14. The smallest absolute Gasteiger partial charge is 0.226 e. The second-order valence-electron chi connectivity index (χ2n) is 6.68. The molecule has 1 fully saturated rings. The maximum atomic E-state index is 12.4. The fraction of sp³-hybridized carbons (Fsp3) is 0.722. The summed E-state index contributed by atoms with van der Waals surface area (Å²) in [5.41, 5.74) is 2.81. The van der Waals surface area contributed by atoms with E-state index >= 15 is 0 Å². The first-order chi connectivity index (χ1) is 10.2. The van der Waals surface area contributed by atoms with Gasteiger partial charge in [-0.1, -0.05) is 26.0 Å². The summed E-state index contributed by atoms with van der Waals surface area (Å²) >= 11 is 0. The van der Waals surface area contributed by atoms with Crippen molar-refractivity contribution in [3.8, 4) is 0 Å². The summed E-state index contributed by atoms with van der Waals surface area (Å²) in [5.74, 6) is 0.959. The minimum atomic E-state index is 0.353. The molecule has 3 heteroatoms. The van der Waals surface area contributed by atoms with Crippen molar-refractivity contribution in [3.63, 3.8) is 0 Å². The molecule has 0 radical (unpaired) electrons. The lowest BCUT2D eigenvalue weighted by Gasteiger charge is -2.46. The molecule has 116 valence electrons. The Hall–Kier alpha value is -1.09. The molecule has 2 unspecified atom stereocenters. The molecule has 1 amide bonds. The van der Waals surface area contributed by atoms with Crippen LogP contribution in [0.2, 0.25) is 0 Å². The summed E-state index contributed by atoms with van der Waals surface area (Å²) in [6.45, 7) is 7.71. The zero-order valence-electron chi connectivity index (χ0n) is 13.5. The molecule has 0 aromatic carbocycles. The van der Waals surface area contributed by atoms with E-state index in [1.807, 2.05) is 0 Å². The third-order valence-electron chi connectivity index (χ3n) is 5.14. The molecule has 3 aliphatic rings. The average Bonchev–Trinajstić information content (AvgIpc) is 2.50. The number of carbonyl (C=O) groups is 1. The van der Waals surface area contributed by atoms with E-state index in [1.165, 1.54) is 24.1 Å². The van der Waals surface area contributed by atoms with Crippen LogP contribution < -0.4 is 0 Å². The Morgan fingerprint density at radius 1 is 1.29 bits per heavy atom. The molecule has 0 N–H and O–H groups in total. The van der Waals surface area contributed by atoms with Gasteiger partial charge in [-0.25, -0.2) is 0 Å². The van der Waals surface area contributed by atoms with Gasteiger partial charge in [0.05, 0.1) is 0 Å². The highest BCUT2D eigenvalue weighted by Gasteiger charge is 2.39. The lowest BCUT2D eigenvalue weighted by Crippen LogP contribution is -2.52. The largest absolute Gasteiger partial charge is 0.314 e. The topological polar surface area (TPSA) is 23.6 Å². The van der Waals surface area contributed by atoms with Gasteiger partial charge >= 0.3 is 0 Å². The van der Waals surface area contributed by atoms with Crippen molar-refractivity contribution in [1.29, 1.82) is 0 Å². The van der Waals surface area contributed by atoms with E-state index < -0.39 is 0 Å². The third kappa shape index (κ3) is 2.80. The van der Waals surface area contributed by atoms with Crippen LogP contribution in [0.1, 0.15) is 52.4 Å². The van der Waals surface area contributed by atoms with Crippen LogP contribution >= 0.6 is 0 Å². The number of piperidine rings is 1. The number of rotatable bonds is 5. The molecule has 0 bridgehead atoms. The van der Waals surface area contributed by atoms with Crippen LogP contribution in [0.4, 0.5) is 0 Å². The van der Waals surface area contributed by atoms with Crippen molar-refractivity contribution in [2.45, 2.75) is 58.4 Å². The van der Waals surface area contributed by atoms with Crippen LogP contribution in [0.3, 0.4) is 0 Å². The number of allylic oxidation sites excluding steroid dienone is 3. The molecule has 1 aliphatic carbocycles. The van der Waals surface area contributed by atoms with E-state index in [-0.39, 0.29) is 0 Å². The van der Waals surface area contributed by atoms with Crippen LogP contribution in [0.15, 0.2) is 23.4 Å². The molecular weight excluding hydrogens is 260 g/mol. The van der Waals surface area contributed by atoms with Crippen LogP contribution in [0.5, 0.6) is 0 Å². The fourth-order valence-corrected chi connectivity index (χ4v) is 4.25. The average molecular weight is 288 g/mol. The SMILES string of the molecule is CCCN(CCC)C1CC2=C3C(CC=C2)CCC(=O)N3C1. The summed E-state index contributed by atoms with van der Waals surface area (Å²) in [6, 6.07) is 0.508. The molecule has 21 heavy (non-hydrogen) atoms. The van der Waals surface area contributed by atoms with Gasteiger partial charge in [0.25, 0.3) is 0 Å². The van der Waals surface area contributed by atoms with Gasteiger partial charge in [-0.15, -0.1) is 0 Å². The molecule has 0 aromatic rings. The van der Waals surface area contributed by atoms with Gasteiger partial charge in [-0.05, 0) is 50.8 Å². The first-order valence-corrected chi connectivity index (χ1v) is 8.68. The fourth-order valence-electron chi connectivity index (χ4n) is 4.25. The predicted octanol–water partition coefficient (Wildman–Crippen LogP) is 3.33. The minimum Gasteiger partial charge on any atom is -0.314 e. The Morgan fingerprint density at radius 3 is 2.76 bits per heavy atom.